The van der Waals surface area contributed by atoms with Crippen molar-refractivity contribution in [3.63, 3.8) is 0 Å². The number of rotatable bonds is 8. The third-order valence-electron chi connectivity index (χ3n) is 4.37. The lowest BCUT2D eigenvalue weighted by atomic mass is 10.1. The number of carbonyl (C=O) groups is 1. The molecule has 29 heavy (non-hydrogen) atoms. The second-order valence-corrected chi connectivity index (χ2v) is 7.57. The molecule has 148 valence electrons. The van der Waals surface area contributed by atoms with Crippen LogP contribution in [0, 0.1) is 0 Å². The van der Waals surface area contributed by atoms with E-state index in [1.54, 1.807) is 23.9 Å². The van der Waals surface area contributed by atoms with Crippen molar-refractivity contribution in [1.82, 2.24) is 5.32 Å². The Kier molecular flexibility index (Phi) is 6.22. The Hall–Kier alpha value is -3.12. The molecule has 1 amide bonds. The van der Waals surface area contributed by atoms with E-state index in [-0.39, 0.29) is 12.7 Å². The average molecular weight is 407 g/mol. The molecular weight excluding hydrogens is 386 g/mol. The van der Waals surface area contributed by atoms with Crippen molar-refractivity contribution >= 4 is 17.7 Å². The molecule has 0 unspecified atom stereocenters. The zero-order valence-electron chi connectivity index (χ0n) is 15.8. The van der Waals surface area contributed by atoms with Gasteiger partial charge in [0.1, 0.15) is 5.75 Å². The van der Waals surface area contributed by atoms with Gasteiger partial charge in [0.05, 0.1) is 6.61 Å². The zero-order valence-corrected chi connectivity index (χ0v) is 16.6. The van der Waals surface area contributed by atoms with Crippen LogP contribution in [0.3, 0.4) is 0 Å². The van der Waals surface area contributed by atoms with Gasteiger partial charge in [-0.1, -0.05) is 24.3 Å². The predicted molar refractivity (Wildman–Crippen MR) is 113 cm³/mol. The molecule has 6 heteroatoms. The van der Waals surface area contributed by atoms with E-state index < -0.39 is 0 Å². The van der Waals surface area contributed by atoms with Gasteiger partial charge in [0.15, 0.2) is 11.5 Å². The molecule has 1 N–H and O–H groups in total. The summed E-state index contributed by atoms with van der Waals surface area (Å²) in [4.78, 5) is 13.6. The van der Waals surface area contributed by atoms with Gasteiger partial charge in [-0.2, -0.15) is 0 Å². The van der Waals surface area contributed by atoms with Gasteiger partial charge in [-0.25, -0.2) is 0 Å². The third kappa shape index (κ3) is 5.23. The van der Waals surface area contributed by atoms with Gasteiger partial charge in [0.25, 0.3) is 5.91 Å². The highest BCUT2D eigenvalue weighted by Gasteiger charge is 2.13. The molecule has 1 aliphatic heterocycles. The summed E-state index contributed by atoms with van der Waals surface area (Å²) in [6.45, 7) is 1.27. The molecule has 3 aromatic carbocycles. The van der Waals surface area contributed by atoms with Gasteiger partial charge in [-0.15, -0.1) is 11.8 Å². The summed E-state index contributed by atoms with van der Waals surface area (Å²) >= 11 is 1.75. The minimum Gasteiger partial charge on any atom is -0.493 e. The van der Waals surface area contributed by atoms with E-state index in [1.165, 1.54) is 4.90 Å². The van der Waals surface area contributed by atoms with Crippen LogP contribution in [0.15, 0.2) is 77.7 Å². The number of carbonyl (C=O) groups excluding carboxylic acids is 1. The molecule has 0 saturated carbocycles. The molecule has 0 spiro atoms. The average Bonchev–Trinajstić information content (AvgIpc) is 3.24. The number of benzene rings is 3. The summed E-state index contributed by atoms with van der Waals surface area (Å²) in [7, 11) is 0. The van der Waals surface area contributed by atoms with Gasteiger partial charge < -0.3 is 19.5 Å². The molecule has 0 radical (unpaired) electrons. The van der Waals surface area contributed by atoms with Crippen molar-refractivity contribution in [2.75, 3.05) is 19.2 Å². The normalized spacial score (nSPS) is 11.9. The van der Waals surface area contributed by atoms with E-state index in [0.29, 0.717) is 24.5 Å². The molecular formula is C23H21NO4S. The molecule has 0 aliphatic carbocycles. The van der Waals surface area contributed by atoms with Crippen LogP contribution in [0.5, 0.6) is 17.2 Å². The lowest BCUT2D eigenvalue weighted by molar-refractivity contribution is 0.0951. The number of thioether (sulfide) groups is 1. The van der Waals surface area contributed by atoms with Crippen LogP contribution >= 0.6 is 11.8 Å². The van der Waals surface area contributed by atoms with Crippen LogP contribution in [-0.2, 0) is 6.54 Å². The van der Waals surface area contributed by atoms with Crippen LogP contribution in [-0.4, -0.2) is 25.1 Å². The van der Waals surface area contributed by atoms with E-state index in [0.717, 1.165) is 22.8 Å². The minimum atomic E-state index is -0.131. The van der Waals surface area contributed by atoms with Crippen molar-refractivity contribution in [3.05, 3.63) is 83.9 Å². The highest BCUT2D eigenvalue weighted by molar-refractivity contribution is 7.99. The number of hydrogen-bond donors (Lipinski definition) is 1. The number of ether oxygens (including phenoxy) is 3. The smallest absolute Gasteiger partial charge is 0.251 e. The molecule has 5 nitrogen and oxygen atoms in total. The molecule has 0 atom stereocenters. The molecule has 1 aliphatic rings. The second-order valence-electron chi connectivity index (χ2n) is 6.40. The van der Waals surface area contributed by atoms with Crippen LogP contribution in [0.25, 0.3) is 0 Å². The Bertz CT molecular complexity index is 960. The van der Waals surface area contributed by atoms with E-state index in [4.69, 9.17) is 14.2 Å². The second kappa shape index (κ2) is 9.39. The number of amides is 1. The van der Waals surface area contributed by atoms with E-state index >= 15 is 0 Å². The number of hydrogen-bond acceptors (Lipinski definition) is 5. The monoisotopic (exact) mass is 407 g/mol. The number of fused-ring (bicyclic) bond motifs is 1. The maximum Gasteiger partial charge on any atom is 0.251 e. The summed E-state index contributed by atoms with van der Waals surface area (Å²) in [6.07, 6.45) is 0. The largest absolute Gasteiger partial charge is 0.493 e. The van der Waals surface area contributed by atoms with Crippen molar-refractivity contribution in [1.29, 1.82) is 0 Å². The van der Waals surface area contributed by atoms with Gasteiger partial charge in [0.2, 0.25) is 6.79 Å². The fraction of sp³-hybridized carbons (Fsp3) is 0.174. The summed E-state index contributed by atoms with van der Waals surface area (Å²) in [5, 5.41) is 2.92. The van der Waals surface area contributed by atoms with Crippen LogP contribution in [0.4, 0.5) is 0 Å². The molecule has 0 aromatic heterocycles. The lowest BCUT2D eigenvalue weighted by Crippen LogP contribution is -2.22. The minimum absolute atomic E-state index is 0.131. The number of nitrogens with one attached hydrogen (secondary N) is 1. The summed E-state index contributed by atoms with van der Waals surface area (Å²) in [5.41, 5.74) is 1.55. The van der Waals surface area contributed by atoms with Crippen LogP contribution in [0.1, 0.15) is 15.9 Å². The summed E-state index contributed by atoms with van der Waals surface area (Å²) in [5.74, 6) is 2.93. The van der Waals surface area contributed by atoms with E-state index in [9.17, 15) is 4.79 Å². The predicted octanol–water partition coefficient (Wildman–Crippen LogP) is 4.52. The van der Waals surface area contributed by atoms with E-state index in [1.807, 2.05) is 48.5 Å². The Morgan fingerprint density at radius 2 is 1.76 bits per heavy atom. The van der Waals surface area contributed by atoms with Crippen molar-refractivity contribution in [2.45, 2.75) is 11.4 Å². The molecule has 0 bridgehead atoms. The first-order valence-electron chi connectivity index (χ1n) is 9.35. The van der Waals surface area contributed by atoms with Gasteiger partial charge in [-0.05, 0) is 54.1 Å². The van der Waals surface area contributed by atoms with E-state index in [2.05, 4.69) is 17.4 Å². The van der Waals surface area contributed by atoms with Crippen molar-refractivity contribution in [3.8, 4) is 17.2 Å². The molecule has 0 saturated heterocycles. The molecule has 4 rings (SSSR count). The first-order valence-corrected chi connectivity index (χ1v) is 10.3. The Labute approximate surface area is 174 Å². The van der Waals surface area contributed by atoms with Gasteiger partial charge in [0, 0.05) is 22.8 Å². The Morgan fingerprint density at radius 1 is 0.966 bits per heavy atom. The third-order valence-corrected chi connectivity index (χ3v) is 5.35. The zero-order chi connectivity index (χ0) is 19.9. The standard InChI is InChI=1S/C23H21NO4S/c25-23(24-15-17-6-11-21-22(14-17)28-16-27-21)18-7-9-19(10-8-18)26-12-13-29-20-4-2-1-3-5-20/h1-11,14H,12-13,15-16H2,(H,24,25). The van der Waals surface area contributed by atoms with Gasteiger partial charge >= 0.3 is 0 Å². The fourth-order valence-electron chi connectivity index (χ4n) is 2.87. The highest BCUT2D eigenvalue weighted by Crippen LogP contribution is 2.32. The first-order chi connectivity index (χ1) is 14.3. The Morgan fingerprint density at radius 3 is 2.59 bits per heavy atom. The van der Waals surface area contributed by atoms with Crippen LogP contribution < -0.4 is 19.5 Å². The highest BCUT2D eigenvalue weighted by atomic mass is 32.2. The summed E-state index contributed by atoms with van der Waals surface area (Å²) < 4.78 is 16.4. The van der Waals surface area contributed by atoms with Crippen molar-refractivity contribution < 1.29 is 19.0 Å². The SMILES string of the molecule is O=C(NCc1ccc2c(c1)OCO2)c1ccc(OCCSc2ccccc2)cc1. The first kappa shape index (κ1) is 19.2. The van der Waals surface area contributed by atoms with Crippen molar-refractivity contribution in [2.24, 2.45) is 0 Å². The lowest BCUT2D eigenvalue weighted by Gasteiger charge is -2.08. The Balaban J connectivity index is 1.22. The maximum absolute atomic E-state index is 12.4. The fourth-order valence-corrected chi connectivity index (χ4v) is 3.63. The van der Waals surface area contributed by atoms with Gasteiger partial charge in [-0.3, -0.25) is 4.79 Å². The van der Waals surface area contributed by atoms with Crippen LogP contribution in [0.2, 0.25) is 0 Å². The quantitative estimate of drug-likeness (QED) is 0.440. The molecule has 3 aromatic rings. The topological polar surface area (TPSA) is 56.8 Å². The maximum atomic E-state index is 12.4. The summed E-state index contributed by atoms with van der Waals surface area (Å²) in [6, 6.07) is 23.1. The molecule has 1 heterocycles. The molecule has 0 fully saturated rings.